The van der Waals surface area contributed by atoms with Gasteiger partial charge in [0, 0.05) is 35.8 Å². The lowest BCUT2D eigenvalue weighted by atomic mass is 9.85. The van der Waals surface area contributed by atoms with Gasteiger partial charge in [-0.15, -0.1) is 0 Å². The summed E-state index contributed by atoms with van der Waals surface area (Å²) >= 11 is 0. The van der Waals surface area contributed by atoms with Crippen LogP contribution in [0.2, 0.25) is 0 Å². The third-order valence-corrected chi connectivity index (χ3v) is 4.67. The molecule has 2 unspecified atom stereocenters. The summed E-state index contributed by atoms with van der Waals surface area (Å²) in [6.07, 6.45) is 2.88. The highest BCUT2D eigenvalue weighted by molar-refractivity contribution is 5.95. The fourth-order valence-electron chi connectivity index (χ4n) is 3.37. The van der Waals surface area contributed by atoms with Crippen molar-refractivity contribution in [2.24, 2.45) is 5.73 Å². The molecule has 6 heteroatoms. The van der Waals surface area contributed by atoms with Crippen LogP contribution in [0.5, 0.6) is 0 Å². The summed E-state index contributed by atoms with van der Waals surface area (Å²) in [5, 5.41) is 11.5. The third-order valence-electron chi connectivity index (χ3n) is 4.67. The van der Waals surface area contributed by atoms with Crippen molar-refractivity contribution >= 4 is 11.6 Å². The highest BCUT2D eigenvalue weighted by Crippen LogP contribution is 2.32. The van der Waals surface area contributed by atoms with Crippen LogP contribution in [-0.2, 0) is 5.41 Å². The molecule has 1 amide bonds. The van der Waals surface area contributed by atoms with Crippen LogP contribution in [-0.4, -0.2) is 34.4 Å². The first-order valence-corrected chi connectivity index (χ1v) is 8.48. The first-order chi connectivity index (χ1) is 11.1. The number of piperidine rings is 1. The Balaban J connectivity index is 2.39. The van der Waals surface area contributed by atoms with Crippen LogP contribution in [0.3, 0.4) is 0 Å². The molecule has 1 saturated heterocycles. The number of benzene rings is 1. The average molecular weight is 333 g/mol. The number of nitro groups is 1. The molecular formula is C18H27N3O3. The van der Waals surface area contributed by atoms with Gasteiger partial charge in [-0.25, -0.2) is 0 Å². The maximum Gasteiger partial charge on any atom is 0.273 e. The lowest BCUT2D eigenvalue weighted by Crippen LogP contribution is -2.51. The van der Waals surface area contributed by atoms with Crippen molar-refractivity contribution in [3.05, 3.63) is 39.4 Å². The van der Waals surface area contributed by atoms with Crippen LogP contribution in [0.15, 0.2) is 18.2 Å². The standard InChI is InChI=1S/C18H27N3O3/c1-12(19)15-7-5-6-10-20(15)17(22)13-8-9-14(18(2,3)4)16(11-13)21(23)24/h8-9,11-12,15H,5-7,10,19H2,1-4H3. The number of likely N-dealkylation sites (tertiary alicyclic amines) is 1. The second-order valence-electron chi connectivity index (χ2n) is 7.66. The SMILES string of the molecule is CC(N)C1CCCCN1C(=O)c1ccc(C(C)(C)C)c([N+](=O)[O-])c1. The first kappa shape index (κ1) is 18.4. The Kier molecular flexibility index (Phi) is 5.28. The van der Waals surface area contributed by atoms with Gasteiger partial charge in [0.05, 0.1) is 4.92 Å². The predicted molar refractivity (Wildman–Crippen MR) is 94.1 cm³/mol. The first-order valence-electron chi connectivity index (χ1n) is 8.48. The van der Waals surface area contributed by atoms with E-state index in [0.717, 1.165) is 19.3 Å². The van der Waals surface area contributed by atoms with Crippen molar-refractivity contribution in [1.82, 2.24) is 4.90 Å². The van der Waals surface area contributed by atoms with E-state index in [1.54, 1.807) is 17.0 Å². The van der Waals surface area contributed by atoms with Crippen LogP contribution in [0.4, 0.5) is 5.69 Å². The van der Waals surface area contributed by atoms with Gasteiger partial charge < -0.3 is 10.6 Å². The van der Waals surface area contributed by atoms with Gasteiger partial charge >= 0.3 is 0 Å². The summed E-state index contributed by atoms with van der Waals surface area (Å²) < 4.78 is 0. The van der Waals surface area contributed by atoms with Crippen molar-refractivity contribution in [2.75, 3.05) is 6.54 Å². The number of carbonyl (C=O) groups excluding carboxylic acids is 1. The van der Waals surface area contributed by atoms with E-state index in [1.165, 1.54) is 6.07 Å². The molecule has 1 fully saturated rings. The van der Waals surface area contributed by atoms with Gasteiger partial charge in [0.1, 0.15) is 0 Å². The van der Waals surface area contributed by atoms with E-state index < -0.39 is 4.92 Å². The Hall–Kier alpha value is -1.95. The maximum absolute atomic E-state index is 12.9. The number of nitro benzene ring substituents is 1. The van der Waals surface area contributed by atoms with Crippen molar-refractivity contribution in [1.29, 1.82) is 0 Å². The largest absolute Gasteiger partial charge is 0.334 e. The highest BCUT2D eigenvalue weighted by Gasteiger charge is 2.32. The van der Waals surface area contributed by atoms with Crippen LogP contribution in [0.1, 0.15) is 62.9 Å². The number of nitrogens with two attached hydrogens (primary N) is 1. The van der Waals surface area contributed by atoms with Crippen LogP contribution in [0.25, 0.3) is 0 Å². The Morgan fingerprint density at radius 3 is 2.58 bits per heavy atom. The average Bonchev–Trinajstić information content (AvgIpc) is 2.52. The van der Waals surface area contributed by atoms with E-state index in [-0.39, 0.29) is 29.1 Å². The Morgan fingerprint density at radius 1 is 1.38 bits per heavy atom. The van der Waals surface area contributed by atoms with Gasteiger partial charge in [-0.05, 0) is 37.7 Å². The third kappa shape index (κ3) is 3.75. The molecule has 0 saturated carbocycles. The molecule has 2 N–H and O–H groups in total. The zero-order chi connectivity index (χ0) is 18.1. The van der Waals surface area contributed by atoms with Gasteiger partial charge in [-0.3, -0.25) is 14.9 Å². The lowest BCUT2D eigenvalue weighted by Gasteiger charge is -2.38. The Morgan fingerprint density at radius 2 is 2.04 bits per heavy atom. The topological polar surface area (TPSA) is 89.5 Å². The smallest absolute Gasteiger partial charge is 0.273 e. The highest BCUT2D eigenvalue weighted by atomic mass is 16.6. The number of amides is 1. The fraction of sp³-hybridized carbons (Fsp3) is 0.611. The summed E-state index contributed by atoms with van der Waals surface area (Å²) in [5.41, 5.74) is 6.67. The molecular weight excluding hydrogens is 306 g/mol. The minimum Gasteiger partial charge on any atom is -0.334 e. The maximum atomic E-state index is 12.9. The van der Waals surface area contributed by atoms with E-state index >= 15 is 0 Å². The Labute approximate surface area is 143 Å². The minimum absolute atomic E-state index is 0.00251. The molecule has 1 aromatic carbocycles. The Bertz CT molecular complexity index is 635. The van der Waals surface area contributed by atoms with Gasteiger partial charge in [0.25, 0.3) is 11.6 Å². The number of carbonyl (C=O) groups is 1. The summed E-state index contributed by atoms with van der Waals surface area (Å²) in [7, 11) is 0. The second kappa shape index (κ2) is 6.89. The number of nitrogens with zero attached hydrogens (tertiary/aromatic N) is 2. The van der Waals surface area contributed by atoms with Crippen molar-refractivity contribution < 1.29 is 9.72 Å². The number of hydrogen-bond acceptors (Lipinski definition) is 4. The monoisotopic (exact) mass is 333 g/mol. The molecule has 2 atom stereocenters. The zero-order valence-electron chi connectivity index (χ0n) is 14.9. The molecule has 0 bridgehead atoms. The molecule has 0 aliphatic carbocycles. The molecule has 1 heterocycles. The predicted octanol–water partition coefficient (Wildman–Crippen LogP) is 3.23. The van der Waals surface area contributed by atoms with Gasteiger partial charge in [0.2, 0.25) is 0 Å². The molecule has 6 nitrogen and oxygen atoms in total. The second-order valence-corrected chi connectivity index (χ2v) is 7.66. The van der Waals surface area contributed by atoms with Crippen molar-refractivity contribution in [3.63, 3.8) is 0 Å². The van der Waals surface area contributed by atoms with Gasteiger partial charge in [-0.2, -0.15) is 0 Å². The summed E-state index contributed by atoms with van der Waals surface area (Å²) in [5.74, 6) is -0.166. The number of rotatable bonds is 3. The van der Waals surface area contributed by atoms with E-state index in [0.29, 0.717) is 17.7 Å². The fourth-order valence-corrected chi connectivity index (χ4v) is 3.37. The zero-order valence-corrected chi connectivity index (χ0v) is 14.9. The summed E-state index contributed by atoms with van der Waals surface area (Å²) in [4.78, 5) is 25.7. The van der Waals surface area contributed by atoms with E-state index in [2.05, 4.69) is 0 Å². The van der Waals surface area contributed by atoms with Crippen molar-refractivity contribution in [2.45, 2.75) is 64.5 Å². The molecule has 24 heavy (non-hydrogen) atoms. The van der Waals surface area contributed by atoms with Crippen LogP contribution >= 0.6 is 0 Å². The van der Waals surface area contributed by atoms with E-state index in [1.807, 2.05) is 27.7 Å². The van der Waals surface area contributed by atoms with E-state index in [9.17, 15) is 14.9 Å². The number of hydrogen-bond donors (Lipinski definition) is 1. The van der Waals surface area contributed by atoms with Crippen molar-refractivity contribution in [3.8, 4) is 0 Å². The molecule has 1 aromatic rings. The molecule has 0 aromatic heterocycles. The summed E-state index contributed by atoms with van der Waals surface area (Å²) in [6, 6.07) is 4.69. The quantitative estimate of drug-likeness (QED) is 0.679. The van der Waals surface area contributed by atoms with Gasteiger partial charge in [0.15, 0.2) is 0 Å². The minimum atomic E-state index is -0.406. The molecule has 1 aliphatic rings. The molecule has 2 rings (SSSR count). The molecule has 0 radical (unpaired) electrons. The van der Waals surface area contributed by atoms with E-state index in [4.69, 9.17) is 5.73 Å². The van der Waals surface area contributed by atoms with Crippen LogP contribution < -0.4 is 5.73 Å². The van der Waals surface area contributed by atoms with Gasteiger partial charge in [-0.1, -0.05) is 26.8 Å². The molecule has 1 aliphatic heterocycles. The normalized spacial score (nSPS) is 19.9. The lowest BCUT2D eigenvalue weighted by molar-refractivity contribution is -0.386. The molecule has 0 spiro atoms. The molecule has 132 valence electrons. The van der Waals surface area contributed by atoms with Crippen LogP contribution in [0, 0.1) is 10.1 Å². The summed E-state index contributed by atoms with van der Waals surface area (Å²) in [6.45, 7) is 8.33.